The zero-order valence-electron chi connectivity index (χ0n) is 14.4. The first-order chi connectivity index (χ1) is 11.5. The van der Waals surface area contributed by atoms with Gasteiger partial charge in [0.1, 0.15) is 0 Å². The highest BCUT2D eigenvalue weighted by atomic mass is 16.4. The number of carbonyl (C=O) groups excluding carboxylic acids is 2. The lowest BCUT2D eigenvalue weighted by Crippen LogP contribution is -2.56. The molecule has 24 heavy (non-hydrogen) atoms. The summed E-state index contributed by atoms with van der Waals surface area (Å²) in [6, 6.07) is 0.296. The Morgan fingerprint density at radius 3 is 2.38 bits per heavy atom. The molecule has 0 heterocycles. The van der Waals surface area contributed by atoms with Gasteiger partial charge in [-0.25, -0.2) is 0 Å². The van der Waals surface area contributed by atoms with Crippen LogP contribution in [0.2, 0.25) is 0 Å². The first-order valence-corrected chi connectivity index (χ1v) is 9.02. The number of nitrogens with one attached hydrogen (secondary N) is 2. The summed E-state index contributed by atoms with van der Waals surface area (Å²) in [5.41, 5.74) is 0. The highest BCUT2D eigenvalue weighted by Gasteiger charge is 2.34. The fraction of sp³-hybridized carbons (Fsp3) is 0.824. The molecule has 0 unspecified atom stereocenters. The monoisotopic (exact) mass is 339 g/mol. The van der Waals surface area contributed by atoms with Crippen molar-refractivity contribution in [2.75, 3.05) is 19.6 Å². The minimum Gasteiger partial charge on any atom is -0.480 e. The molecule has 7 heteroatoms. The number of carboxylic acid groups (broad SMARTS) is 1. The van der Waals surface area contributed by atoms with Gasteiger partial charge in [0.2, 0.25) is 11.8 Å². The number of carboxylic acids is 1. The van der Waals surface area contributed by atoms with Crippen LogP contribution in [0.1, 0.15) is 51.9 Å². The van der Waals surface area contributed by atoms with Gasteiger partial charge in [0.25, 0.3) is 0 Å². The van der Waals surface area contributed by atoms with Gasteiger partial charge >= 0.3 is 5.97 Å². The van der Waals surface area contributed by atoms with E-state index in [1.54, 1.807) is 0 Å². The third-order valence-corrected chi connectivity index (χ3v) is 5.14. The summed E-state index contributed by atoms with van der Waals surface area (Å²) in [7, 11) is 0. The van der Waals surface area contributed by atoms with Gasteiger partial charge in [-0.3, -0.25) is 19.3 Å². The Morgan fingerprint density at radius 1 is 1.12 bits per heavy atom. The van der Waals surface area contributed by atoms with E-state index in [1.165, 1.54) is 6.42 Å². The van der Waals surface area contributed by atoms with Crippen LogP contribution in [-0.2, 0) is 14.4 Å². The maximum Gasteiger partial charge on any atom is 0.317 e. The van der Waals surface area contributed by atoms with E-state index in [1.807, 2.05) is 11.8 Å². The van der Waals surface area contributed by atoms with Crippen molar-refractivity contribution >= 4 is 17.8 Å². The lowest BCUT2D eigenvalue weighted by Gasteiger charge is -2.42. The van der Waals surface area contributed by atoms with Crippen LogP contribution < -0.4 is 10.6 Å². The van der Waals surface area contributed by atoms with Crippen LogP contribution in [0.25, 0.3) is 0 Å². The molecule has 2 saturated carbocycles. The van der Waals surface area contributed by atoms with E-state index in [2.05, 4.69) is 10.6 Å². The summed E-state index contributed by atoms with van der Waals surface area (Å²) in [6.07, 6.45) is 6.77. The molecule has 0 saturated heterocycles. The fourth-order valence-electron chi connectivity index (χ4n) is 3.63. The highest BCUT2D eigenvalue weighted by Crippen LogP contribution is 2.25. The molecule has 7 nitrogen and oxygen atoms in total. The van der Waals surface area contributed by atoms with Crippen LogP contribution in [0.5, 0.6) is 0 Å². The third kappa shape index (κ3) is 5.47. The molecule has 2 amide bonds. The number of likely N-dealkylation sites (N-methyl/N-ethyl adjacent to an activating group) is 1. The number of aliphatic carboxylic acids is 1. The molecule has 0 atom stereocenters. The largest absolute Gasteiger partial charge is 0.480 e. The van der Waals surface area contributed by atoms with Crippen molar-refractivity contribution in [2.45, 2.75) is 64.0 Å². The van der Waals surface area contributed by atoms with Gasteiger partial charge in [-0.05, 0) is 32.2 Å². The predicted octanol–water partition coefficient (Wildman–Crippen LogP) is 0.737. The van der Waals surface area contributed by atoms with Crippen molar-refractivity contribution in [3.05, 3.63) is 0 Å². The molecule has 0 aromatic carbocycles. The van der Waals surface area contributed by atoms with E-state index in [-0.39, 0.29) is 42.9 Å². The summed E-state index contributed by atoms with van der Waals surface area (Å²) in [5.74, 6) is -0.928. The lowest BCUT2D eigenvalue weighted by atomic mass is 9.85. The topological polar surface area (TPSA) is 98.7 Å². The van der Waals surface area contributed by atoms with Gasteiger partial charge in [0, 0.05) is 18.0 Å². The maximum atomic E-state index is 12.0. The van der Waals surface area contributed by atoms with Crippen molar-refractivity contribution in [1.82, 2.24) is 15.5 Å². The number of hydrogen-bond acceptors (Lipinski definition) is 4. The summed E-state index contributed by atoms with van der Waals surface area (Å²) in [5, 5.41) is 14.5. The van der Waals surface area contributed by atoms with E-state index in [9.17, 15) is 14.4 Å². The zero-order valence-corrected chi connectivity index (χ0v) is 14.4. The number of carbonyl (C=O) groups is 3. The van der Waals surface area contributed by atoms with Crippen LogP contribution in [0, 0.1) is 5.92 Å². The molecular formula is C17H29N3O4. The Kier molecular flexibility index (Phi) is 7.02. The first kappa shape index (κ1) is 18.7. The summed E-state index contributed by atoms with van der Waals surface area (Å²) in [4.78, 5) is 36.6. The number of amides is 2. The van der Waals surface area contributed by atoms with Gasteiger partial charge in [-0.1, -0.05) is 26.2 Å². The quantitative estimate of drug-likeness (QED) is 0.606. The number of rotatable bonds is 8. The summed E-state index contributed by atoms with van der Waals surface area (Å²) < 4.78 is 0. The standard InChI is InChI=1S/C17H29N3O4/c1-2-20(11-16(22)23)14-8-13(9-14)19-15(21)10-18-17(24)12-6-4-3-5-7-12/h12-14H,2-11H2,1H3,(H,18,24)(H,19,21)(H,22,23). The molecule has 2 aliphatic rings. The van der Waals surface area contributed by atoms with Crippen molar-refractivity contribution in [3.63, 3.8) is 0 Å². The van der Waals surface area contributed by atoms with E-state index >= 15 is 0 Å². The average molecular weight is 339 g/mol. The van der Waals surface area contributed by atoms with Crippen molar-refractivity contribution in [2.24, 2.45) is 5.92 Å². The minimum absolute atomic E-state index is 0.00467. The lowest BCUT2D eigenvalue weighted by molar-refractivity contribution is -0.139. The van der Waals surface area contributed by atoms with Crippen molar-refractivity contribution < 1.29 is 19.5 Å². The second kappa shape index (κ2) is 9.01. The Labute approximate surface area is 143 Å². The molecule has 2 rings (SSSR count). The normalized spacial score (nSPS) is 24.2. The van der Waals surface area contributed by atoms with Crippen LogP contribution in [0.15, 0.2) is 0 Å². The molecule has 136 valence electrons. The number of hydrogen-bond donors (Lipinski definition) is 3. The van der Waals surface area contributed by atoms with Gasteiger partial charge in [-0.2, -0.15) is 0 Å². The van der Waals surface area contributed by atoms with Gasteiger partial charge in [0.15, 0.2) is 0 Å². The molecule has 0 aromatic heterocycles. The number of nitrogens with zero attached hydrogens (tertiary/aromatic N) is 1. The van der Waals surface area contributed by atoms with Gasteiger partial charge in [0.05, 0.1) is 13.1 Å². The Hall–Kier alpha value is -1.63. The zero-order chi connectivity index (χ0) is 17.5. The van der Waals surface area contributed by atoms with Crippen LogP contribution in [0.3, 0.4) is 0 Å². The van der Waals surface area contributed by atoms with Crippen LogP contribution >= 0.6 is 0 Å². The second-order valence-electron chi connectivity index (χ2n) is 6.90. The average Bonchev–Trinajstić information content (AvgIpc) is 2.54. The molecule has 3 N–H and O–H groups in total. The van der Waals surface area contributed by atoms with Crippen LogP contribution in [0.4, 0.5) is 0 Å². The van der Waals surface area contributed by atoms with Gasteiger partial charge in [-0.15, -0.1) is 0 Å². The SMILES string of the molecule is CCN(CC(=O)O)C1CC(NC(=O)CNC(=O)C2CCCCC2)C1. The Balaban J connectivity index is 1.62. The van der Waals surface area contributed by atoms with E-state index in [4.69, 9.17) is 5.11 Å². The minimum atomic E-state index is -0.824. The highest BCUT2D eigenvalue weighted by molar-refractivity contribution is 5.86. The smallest absolute Gasteiger partial charge is 0.317 e. The molecule has 2 aliphatic carbocycles. The molecule has 0 radical (unpaired) electrons. The molecular weight excluding hydrogens is 310 g/mol. The Morgan fingerprint density at radius 2 is 1.79 bits per heavy atom. The van der Waals surface area contributed by atoms with Gasteiger partial charge < -0.3 is 15.7 Å². The molecule has 0 aliphatic heterocycles. The molecule has 0 bridgehead atoms. The summed E-state index contributed by atoms with van der Waals surface area (Å²) >= 11 is 0. The molecule has 0 spiro atoms. The fourth-order valence-corrected chi connectivity index (χ4v) is 3.63. The van der Waals surface area contributed by atoms with E-state index in [0.29, 0.717) is 6.54 Å². The van der Waals surface area contributed by atoms with E-state index in [0.717, 1.165) is 38.5 Å². The summed E-state index contributed by atoms with van der Waals surface area (Å²) in [6.45, 7) is 2.70. The third-order valence-electron chi connectivity index (χ3n) is 5.14. The molecule has 0 aromatic rings. The molecule has 2 fully saturated rings. The van der Waals surface area contributed by atoms with E-state index < -0.39 is 5.97 Å². The maximum absolute atomic E-state index is 12.0. The first-order valence-electron chi connectivity index (χ1n) is 9.02. The van der Waals surface area contributed by atoms with Crippen LogP contribution in [-0.4, -0.2) is 59.5 Å². The predicted molar refractivity (Wildman–Crippen MR) is 89.4 cm³/mol. The van der Waals surface area contributed by atoms with Crippen molar-refractivity contribution in [3.8, 4) is 0 Å². The second-order valence-corrected chi connectivity index (χ2v) is 6.90. The Bertz CT molecular complexity index is 457. The van der Waals surface area contributed by atoms with Crippen molar-refractivity contribution in [1.29, 1.82) is 0 Å².